The van der Waals surface area contributed by atoms with Crippen LogP contribution in [0.5, 0.6) is 0 Å². The molecule has 90 valence electrons. The third kappa shape index (κ3) is 3.62. The van der Waals surface area contributed by atoms with E-state index in [2.05, 4.69) is 10.3 Å². The Kier molecular flexibility index (Phi) is 4.91. The lowest BCUT2D eigenvalue weighted by Crippen LogP contribution is -2.40. The van der Waals surface area contributed by atoms with Crippen molar-refractivity contribution in [2.75, 3.05) is 13.2 Å². The van der Waals surface area contributed by atoms with Gasteiger partial charge in [0.2, 0.25) is 5.91 Å². The summed E-state index contributed by atoms with van der Waals surface area (Å²) in [6, 6.07) is 0.127. The fourth-order valence-corrected chi connectivity index (χ4v) is 1.46. The summed E-state index contributed by atoms with van der Waals surface area (Å²) < 4.78 is 1.50. The van der Waals surface area contributed by atoms with E-state index < -0.39 is 0 Å². The lowest BCUT2D eigenvalue weighted by Gasteiger charge is -2.26. The number of carbonyl (C=O) groups is 1. The molecule has 1 N–H and O–H groups in total. The zero-order valence-electron chi connectivity index (χ0n) is 9.70. The zero-order chi connectivity index (χ0) is 12.0. The molecule has 16 heavy (non-hydrogen) atoms. The lowest BCUT2D eigenvalue weighted by molar-refractivity contribution is -0.133. The molecule has 0 radical (unpaired) electrons. The third-order valence-corrected chi connectivity index (χ3v) is 2.27. The number of aliphatic hydroxyl groups excluding tert-OH is 1. The Labute approximate surface area is 94.9 Å². The lowest BCUT2D eigenvalue weighted by atomic mass is 10.3. The fraction of sp³-hybridized carbons (Fsp3) is 0.700. The highest BCUT2D eigenvalue weighted by Crippen LogP contribution is 2.02. The van der Waals surface area contributed by atoms with Gasteiger partial charge in [-0.1, -0.05) is 5.21 Å². The van der Waals surface area contributed by atoms with E-state index in [1.54, 1.807) is 17.3 Å². The molecular formula is C10H18N4O2. The summed E-state index contributed by atoms with van der Waals surface area (Å²) in [5.41, 5.74) is 0. The fourth-order valence-electron chi connectivity index (χ4n) is 1.46. The van der Waals surface area contributed by atoms with Crippen molar-refractivity contribution in [3.8, 4) is 0 Å². The van der Waals surface area contributed by atoms with Gasteiger partial charge in [-0.05, 0) is 20.3 Å². The maximum atomic E-state index is 11.9. The van der Waals surface area contributed by atoms with Crippen molar-refractivity contribution in [2.45, 2.75) is 32.9 Å². The minimum absolute atomic E-state index is 0.00560. The summed E-state index contributed by atoms with van der Waals surface area (Å²) in [6.07, 6.45) is 3.80. The van der Waals surface area contributed by atoms with Gasteiger partial charge in [0.25, 0.3) is 0 Å². The molecule has 6 heteroatoms. The van der Waals surface area contributed by atoms with Crippen LogP contribution in [0.15, 0.2) is 12.4 Å². The Hall–Kier alpha value is -1.43. The molecule has 0 spiro atoms. The van der Waals surface area contributed by atoms with Crippen LogP contribution in [0.4, 0.5) is 0 Å². The van der Waals surface area contributed by atoms with Gasteiger partial charge in [0, 0.05) is 25.4 Å². The first-order chi connectivity index (χ1) is 7.65. The molecule has 0 saturated carbocycles. The van der Waals surface area contributed by atoms with E-state index in [1.807, 2.05) is 13.8 Å². The van der Waals surface area contributed by atoms with Crippen molar-refractivity contribution < 1.29 is 9.90 Å². The SMILES string of the molecule is CC(C)N(CCCO)C(=O)Cn1ccnn1. The molecule has 1 amide bonds. The van der Waals surface area contributed by atoms with Crippen molar-refractivity contribution in [1.29, 1.82) is 0 Å². The molecule has 0 saturated heterocycles. The van der Waals surface area contributed by atoms with Crippen LogP contribution in [-0.2, 0) is 11.3 Å². The first-order valence-electron chi connectivity index (χ1n) is 5.39. The molecule has 0 aliphatic rings. The number of aliphatic hydroxyl groups is 1. The van der Waals surface area contributed by atoms with E-state index in [4.69, 9.17) is 5.11 Å². The second-order valence-electron chi connectivity index (χ2n) is 3.86. The highest BCUT2D eigenvalue weighted by molar-refractivity contribution is 5.76. The van der Waals surface area contributed by atoms with Crippen molar-refractivity contribution in [3.63, 3.8) is 0 Å². The van der Waals surface area contributed by atoms with Crippen LogP contribution in [0, 0.1) is 0 Å². The van der Waals surface area contributed by atoms with E-state index >= 15 is 0 Å². The smallest absolute Gasteiger partial charge is 0.244 e. The topological polar surface area (TPSA) is 71.2 Å². The predicted octanol–water partition coefficient (Wildman–Crippen LogP) is -0.103. The van der Waals surface area contributed by atoms with Crippen LogP contribution in [0.3, 0.4) is 0 Å². The second-order valence-corrected chi connectivity index (χ2v) is 3.86. The van der Waals surface area contributed by atoms with Gasteiger partial charge in [-0.25, -0.2) is 4.68 Å². The Balaban J connectivity index is 2.53. The Bertz CT molecular complexity index is 311. The van der Waals surface area contributed by atoms with Gasteiger partial charge in [0.15, 0.2) is 0 Å². The molecule has 1 heterocycles. The van der Waals surface area contributed by atoms with E-state index in [-0.39, 0.29) is 25.1 Å². The van der Waals surface area contributed by atoms with Gasteiger partial charge < -0.3 is 10.0 Å². The van der Waals surface area contributed by atoms with E-state index in [9.17, 15) is 4.79 Å². The zero-order valence-corrected chi connectivity index (χ0v) is 9.70. The third-order valence-electron chi connectivity index (χ3n) is 2.27. The molecule has 0 atom stereocenters. The van der Waals surface area contributed by atoms with E-state index in [1.165, 1.54) is 4.68 Å². The van der Waals surface area contributed by atoms with Crippen LogP contribution in [-0.4, -0.2) is 50.1 Å². The van der Waals surface area contributed by atoms with Crippen LogP contribution in [0.2, 0.25) is 0 Å². The van der Waals surface area contributed by atoms with Crippen LogP contribution >= 0.6 is 0 Å². The Morgan fingerprint density at radius 3 is 2.81 bits per heavy atom. The molecule has 0 aliphatic heterocycles. The van der Waals surface area contributed by atoms with Crippen LogP contribution < -0.4 is 0 Å². The summed E-state index contributed by atoms with van der Waals surface area (Å²) in [6.45, 7) is 4.78. The number of rotatable bonds is 6. The monoisotopic (exact) mass is 226 g/mol. The molecule has 1 aromatic heterocycles. The largest absolute Gasteiger partial charge is 0.396 e. The summed E-state index contributed by atoms with van der Waals surface area (Å²) in [4.78, 5) is 13.6. The first-order valence-corrected chi connectivity index (χ1v) is 5.39. The molecule has 1 aromatic rings. The Morgan fingerprint density at radius 1 is 1.56 bits per heavy atom. The molecule has 0 aliphatic carbocycles. The molecule has 0 bridgehead atoms. The average molecular weight is 226 g/mol. The molecule has 1 rings (SSSR count). The first kappa shape index (κ1) is 12.6. The summed E-state index contributed by atoms with van der Waals surface area (Å²) in [5, 5.41) is 16.2. The maximum absolute atomic E-state index is 11.9. The number of aromatic nitrogens is 3. The van der Waals surface area contributed by atoms with Gasteiger partial charge >= 0.3 is 0 Å². The standard InChI is InChI=1S/C10H18N4O2/c1-9(2)14(5-3-7-15)10(16)8-13-6-4-11-12-13/h4,6,9,15H,3,5,7-8H2,1-2H3. The highest BCUT2D eigenvalue weighted by atomic mass is 16.3. The summed E-state index contributed by atoms with van der Waals surface area (Å²) in [7, 11) is 0. The number of hydrogen-bond acceptors (Lipinski definition) is 4. The van der Waals surface area contributed by atoms with E-state index in [0.29, 0.717) is 13.0 Å². The van der Waals surface area contributed by atoms with Gasteiger partial charge in [-0.2, -0.15) is 0 Å². The van der Waals surface area contributed by atoms with Crippen LogP contribution in [0.1, 0.15) is 20.3 Å². The predicted molar refractivity (Wildman–Crippen MR) is 58.6 cm³/mol. The summed E-state index contributed by atoms with van der Waals surface area (Å²) >= 11 is 0. The molecular weight excluding hydrogens is 208 g/mol. The number of hydrogen-bond donors (Lipinski definition) is 1. The average Bonchev–Trinajstić information content (AvgIpc) is 2.70. The minimum Gasteiger partial charge on any atom is -0.396 e. The normalized spacial score (nSPS) is 10.8. The minimum atomic E-state index is -0.00560. The molecule has 0 unspecified atom stereocenters. The van der Waals surface area contributed by atoms with Gasteiger partial charge in [-0.15, -0.1) is 5.10 Å². The highest BCUT2D eigenvalue weighted by Gasteiger charge is 2.16. The number of amides is 1. The van der Waals surface area contributed by atoms with Crippen molar-refractivity contribution in [2.24, 2.45) is 0 Å². The number of carbonyl (C=O) groups excluding carboxylic acids is 1. The molecule has 0 aromatic carbocycles. The number of nitrogens with zero attached hydrogens (tertiary/aromatic N) is 4. The van der Waals surface area contributed by atoms with Crippen molar-refractivity contribution in [1.82, 2.24) is 19.9 Å². The molecule has 6 nitrogen and oxygen atoms in total. The van der Waals surface area contributed by atoms with Gasteiger partial charge in [0.1, 0.15) is 6.54 Å². The van der Waals surface area contributed by atoms with Gasteiger partial charge in [0.05, 0.1) is 6.20 Å². The van der Waals surface area contributed by atoms with Crippen molar-refractivity contribution in [3.05, 3.63) is 12.4 Å². The van der Waals surface area contributed by atoms with Crippen molar-refractivity contribution >= 4 is 5.91 Å². The van der Waals surface area contributed by atoms with E-state index in [0.717, 1.165) is 0 Å². The maximum Gasteiger partial charge on any atom is 0.244 e. The molecule has 0 fully saturated rings. The summed E-state index contributed by atoms with van der Waals surface area (Å²) in [5.74, 6) is -0.00560. The Morgan fingerprint density at radius 2 is 2.31 bits per heavy atom. The van der Waals surface area contributed by atoms with Gasteiger partial charge in [-0.3, -0.25) is 4.79 Å². The van der Waals surface area contributed by atoms with Crippen LogP contribution in [0.25, 0.3) is 0 Å². The second kappa shape index (κ2) is 6.22. The quantitative estimate of drug-likeness (QED) is 0.735.